The summed E-state index contributed by atoms with van der Waals surface area (Å²) in [4.78, 5) is 13.5. The number of nitrogens with zero attached hydrogens (tertiary/aromatic N) is 2. The number of nitrogens with one attached hydrogen (secondary N) is 1. The number of anilines is 1. The van der Waals surface area contributed by atoms with Gasteiger partial charge in [-0.05, 0) is 0 Å². The molecule has 0 spiro atoms. The maximum atomic E-state index is 13.7. The number of ether oxygens (including phenoxy) is 1. The lowest BCUT2D eigenvalue weighted by atomic mass is 10.2. The fourth-order valence-electron chi connectivity index (χ4n) is 1.87. The van der Waals surface area contributed by atoms with Gasteiger partial charge in [0, 0.05) is 30.5 Å². The van der Waals surface area contributed by atoms with Crippen LogP contribution in [-0.2, 0) is 12.6 Å². The number of benzene rings is 1. The van der Waals surface area contributed by atoms with Gasteiger partial charge in [0.05, 0.1) is 17.0 Å². The molecule has 0 aliphatic carbocycles. The third-order valence-corrected chi connectivity index (χ3v) is 3.86. The van der Waals surface area contributed by atoms with Crippen LogP contribution in [0, 0.1) is 15.9 Å². The lowest BCUT2D eigenvalue weighted by Gasteiger charge is -2.09. The molecule has 1 aromatic carbocycles. The van der Waals surface area contributed by atoms with Crippen molar-refractivity contribution in [1.82, 2.24) is 4.98 Å². The molecule has 1 heterocycles. The van der Waals surface area contributed by atoms with Crippen molar-refractivity contribution in [2.75, 3.05) is 19.0 Å². The molecule has 2 aromatic rings. The molecule has 11 heteroatoms. The van der Waals surface area contributed by atoms with Crippen LogP contribution in [-0.4, -0.2) is 23.6 Å². The Morgan fingerprint density at radius 1 is 1.42 bits per heavy atom. The van der Waals surface area contributed by atoms with Crippen LogP contribution in [0.4, 0.5) is 28.9 Å². The molecule has 0 saturated carbocycles. The third kappa shape index (κ3) is 4.10. The monoisotopic (exact) mass is 365 g/mol. The van der Waals surface area contributed by atoms with E-state index in [1.54, 1.807) is 0 Å². The number of thiazole rings is 1. The fourth-order valence-corrected chi connectivity index (χ4v) is 2.68. The van der Waals surface area contributed by atoms with Gasteiger partial charge in [-0.3, -0.25) is 10.1 Å². The number of aromatic nitrogens is 1. The largest absolute Gasteiger partial charge is 0.497 e. The van der Waals surface area contributed by atoms with Crippen LogP contribution < -0.4 is 10.1 Å². The molecule has 1 N–H and O–H groups in total. The van der Waals surface area contributed by atoms with Gasteiger partial charge < -0.3 is 10.1 Å². The number of halogens is 4. The highest BCUT2D eigenvalue weighted by atomic mass is 32.1. The second-order valence-electron chi connectivity index (χ2n) is 4.56. The first-order valence-electron chi connectivity index (χ1n) is 6.49. The number of hydrogen-bond acceptors (Lipinski definition) is 6. The summed E-state index contributed by atoms with van der Waals surface area (Å²) < 4.78 is 55.9. The van der Waals surface area contributed by atoms with E-state index in [-0.39, 0.29) is 29.4 Å². The van der Waals surface area contributed by atoms with Gasteiger partial charge in [0.1, 0.15) is 11.4 Å². The molecular weight excluding hydrogens is 354 g/mol. The normalized spacial score (nSPS) is 11.4. The summed E-state index contributed by atoms with van der Waals surface area (Å²) in [5.74, 6) is -0.996. The van der Waals surface area contributed by atoms with Crippen molar-refractivity contribution in [2.24, 2.45) is 0 Å². The van der Waals surface area contributed by atoms with Gasteiger partial charge >= 0.3 is 11.9 Å². The van der Waals surface area contributed by atoms with Gasteiger partial charge in [-0.25, -0.2) is 4.98 Å². The molecule has 2 rings (SSSR count). The number of rotatable bonds is 6. The van der Waals surface area contributed by atoms with E-state index in [1.807, 2.05) is 0 Å². The maximum absolute atomic E-state index is 13.7. The Hall–Kier alpha value is -2.43. The third-order valence-electron chi connectivity index (χ3n) is 2.95. The average molecular weight is 365 g/mol. The van der Waals surface area contributed by atoms with Crippen LogP contribution in [0.3, 0.4) is 0 Å². The van der Waals surface area contributed by atoms with Crippen LogP contribution in [0.2, 0.25) is 0 Å². The Balaban J connectivity index is 2.10. The minimum Gasteiger partial charge on any atom is -0.497 e. The Kier molecular flexibility index (Phi) is 5.22. The van der Waals surface area contributed by atoms with Crippen LogP contribution in [0.25, 0.3) is 0 Å². The van der Waals surface area contributed by atoms with Crippen molar-refractivity contribution in [3.63, 3.8) is 0 Å². The zero-order valence-electron chi connectivity index (χ0n) is 12.2. The van der Waals surface area contributed by atoms with Crippen molar-refractivity contribution in [3.05, 3.63) is 44.1 Å². The van der Waals surface area contributed by atoms with Crippen LogP contribution >= 0.6 is 11.3 Å². The van der Waals surface area contributed by atoms with Crippen molar-refractivity contribution in [2.45, 2.75) is 12.6 Å². The highest BCUT2D eigenvalue weighted by Crippen LogP contribution is 2.33. The second-order valence-corrected chi connectivity index (χ2v) is 5.51. The molecule has 0 aliphatic rings. The van der Waals surface area contributed by atoms with E-state index in [9.17, 15) is 27.7 Å². The van der Waals surface area contributed by atoms with Crippen LogP contribution in [0.5, 0.6) is 5.75 Å². The van der Waals surface area contributed by atoms with Crippen LogP contribution in [0.15, 0.2) is 17.5 Å². The standard InChI is InChI=1S/C13H11F4N3O3S/c1-23-7-4-8(14)12(20(21)22)9(5-7)18-3-2-11-19-10(6-24-11)13(15,16)17/h4-6,18H,2-3H2,1H3. The lowest BCUT2D eigenvalue weighted by molar-refractivity contribution is -0.386. The molecule has 130 valence electrons. The van der Waals surface area contributed by atoms with Gasteiger partial charge in [0.25, 0.3) is 0 Å². The van der Waals surface area contributed by atoms with Crippen molar-refractivity contribution in [1.29, 1.82) is 0 Å². The fraction of sp³-hybridized carbons (Fsp3) is 0.308. The summed E-state index contributed by atoms with van der Waals surface area (Å²) in [6, 6.07) is 2.12. The molecule has 24 heavy (non-hydrogen) atoms. The molecule has 0 radical (unpaired) electrons. The summed E-state index contributed by atoms with van der Waals surface area (Å²) in [5.41, 5.74) is -1.86. The van der Waals surface area contributed by atoms with E-state index in [0.29, 0.717) is 0 Å². The predicted octanol–water partition coefficient (Wildman–Crippen LogP) is 3.87. The second kappa shape index (κ2) is 6.99. The van der Waals surface area contributed by atoms with E-state index >= 15 is 0 Å². The molecule has 1 aromatic heterocycles. The van der Waals surface area contributed by atoms with Gasteiger partial charge in [-0.1, -0.05) is 0 Å². The molecule has 0 unspecified atom stereocenters. The van der Waals surface area contributed by atoms with Crippen LogP contribution in [0.1, 0.15) is 10.7 Å². The maximum Gasteiger partial charge on any atom is 0.434 e. The smallest absolute Gasteiger partial charge is 0.434 e. The number of nitro groups is 1. The zero-order chi connectivity index (χ0) is 17.9. The first-order valence-corrected chi connectivity index (χ1v) is 7.37. The molecule has 0 saturated heterocycles. The van der Waals surface area contributed by atoms with E-state index in [1.165, 1.54) is 13.2 Å². The van der Waals surface area contributed by atoms with E-state index in [2.05, 4.69) is 10.3 Å². The Morgan fingerprint density at radius 3 is 2.67 bits per heavy atom. The summed E-state index contributed by atoms with van der Waals surface area (Å²) in [7, 11) is 1.28. The molecule has 0 bridgehead atoms. The first-order chi connectivity index (χ1) is 11.2. The van der Waals surface area contributed by atoms with E-state index in [4.69, 9.17) is 4.74 Å². The summed E-state index contributed by atoms with van der Waals surface area (Å²) in [6.45, 7) is 0.0399. The van der Waals surface area contributed by atoms with Gasteiger partial charge in [-0.2, -0.15) is 17.6 Å². The molecular formula is C13H11F4N3O3S. The molecule has 0 amide bonds. The summed E-state index contributed by atoms with van der Waals surface area (Å²) in [5, 5.41) is 14.7. The van der Waals surface area contributed by atoms with E-state index in [0.717, 1.165) is 22.8 Å². The van der Waals surface area contributed by atoms with E-state index < -0.39 is 28.3 Å². The average Bonchev–Trinajstić information content (AvgIpc) is 2.95. The lowest BCUT2D eigenvalue weighted by Crippen LogP contribution is -2.09. The topological polar surface area (TPSA) is 77.3 Å². The number of nitro benzene ring substituents is 1. The van der Waals surface area contributed by atoms with Gasteiger partial charge in [0.2, 0.25) is 5.82 Å². The quantitative estimate of drug-likeness (QED) is 0.478. The molecule has 0 fully saturated rings. The minimum atomic E-state index is -4.52. The molecule has 0 aliphatic heterocycles. The SMILES string of the molecule is COc1cc(F)c([N+](=O)[O-])c(NCCc2nc(C(F)(F)F)cs2)c1. The van der Waals surface area contributed by atoms with Gasteiger partial charge in [0.15, 0.2) is 5.69 Å². The van der Waals surface area contributed by atoms with Crippen molar-refractivity contribution < 1.29 is 27.2 Å². The highest BCUT2D eigenvalue weighted by molar-refractivity contribution is 7.09. The van der Waals surface area contributed by atoms with Gasteiger partial charge in [-0.15, -0.1) is 11.3 Å². The zero-order valence-corrected chi connectivity index (χ0v) is 13.0. The van der Waals surface area contributed by atoms with Crippen molar-refractivity contribution in [3.8, 4) is 5.75 Å². The highest BCUT2D eigenvalue weighted by Gasteiger charge is 2.33. The summed E-state index contributed by atoms with van der Waals surface area (Å²) >= 11 is 0.829. The van der Waals surface area contributed by atoms with Crippen molar-refractivity contribution >= 4 is 22.7 Å². The number of alkyl halides is 3. The molecule has 6 nitrogen and oxygen atoms in total. The summed E-state index contributed by atoms with van der Waals surface area (Å²) in [6.07, 6.45) is -4.42. The Bertz CT molecular complexity index is 749. The minimum absolute atomic E-state index is 0.0399. The number of hydrogen-bond donors (Lipinski definition) is 1. The Labute approximate surface area is 137 Å². The Morgan fingerprint density at radius 2 is 2.12 bits per heavy atom. The number of methoxy groups -OCH3 is 1. The first kappa shape index (κ1) is 17.9. The molecule has 0 atom stereocenters. The predicted molar refractivity (Wildman–Crippen MR) is 78.9 cm³/mol.